The normalized spacial score (nSPS) is 16.9. The van der Waals surface area contributed by atoms with E-state index < -0.39 is 10.0 Å². The summed E-state index contributed by atoms with van der Waals surface area (Å²) in [5.41, 5.74) is 1.07. The van der Waals surface area contributed by atoms with Gasteiger partial charge in [-0.15, -0.1) is 0 Å². The quantitative estimate of drug-likeness (QED) is 0.693. The molecular formula is C12H12N6O2S2. The van der Waals surface area contributed by atoms with Crippen molar-refractivity contribution in [3.63, 3.8) is 0 Å². The third-order valence-corrected chi connectivity index (χ3v) is 6.11. The van der Waals surface area contributed by atoms with E-state index in [1.54, 1.807) is 29.2 Å². The number of benzene rings is 1. The molecule has 4 rings (SSSR count). The molecule has 1 aromatic carbocycles. The smallest absolute Gasteiger partial charge is 0.245 e. The summed E-state index contributed by atoms with van der Waals surface area (Å²) in [5.74, 6) is 0.254. The van der Waals surface area contributed by atoms with Gasteiger partial charge in [-0.25, -0.2) is 13.4 Å². The lowest BCUT2D eigenvalue weighted by molar-refractivity contribution is 0.175. The number of hydrogen-bond donors (Lipinski definition) is 0. The van der Waals surface area contributed by atoms with E-state index in [1.807, 2.05) is 0 Å². The third kappa shape index (κ3) is 2.19. The van der Waals surface area contributed by atoms with Crippen LogP contribution in [0.3, 0.4) is 0 Å². The molecule has 1 aliphatic heterocycles. The number of hydrogen-bond acceptors (Lipinski definition) is 7. The number of nitrogens with zero attached hydrogens (tertiary/aromatic N) is 6. The van der Waals surface area contributed by atoms with Crippen molar-refractivity contribution in [2.24, 2.45) is 5.92 Å². The van der Waals surface area contributed by atoms with E-state index in [-0.39, 0.29) is 10.8 Å². The first-order valence-corrected chi connectivity index (χ1v) is 8.85. The van der Waals surface area contributed by atoms with Crippen LogP contribution in [0, 0.1) is 5.92 Å². The van der Waals surface area contributed by atoms with Crippen molar-refractivity contribution in [2.45, 2.75) is 11.4 Å². The van der Waals surface area contributed by atoms with Crippen molar-refractivity contribution in [1.82, 2.24) is 27.8 Å². The molecule has 10 heteroatoms. The van der Waals surface area contributed by atoms with E-state index in [0.29, 0.717) is 30.7 Å². The van der Waals surface area contributed by atoms with Gasteiger partial charge >= 0.3 is 0 Å². The van der Waals surface area contributed by atoms with Crippen molar-refractivity contribution >= 4 is 32.8 Å². The first-order chi connectivity index (χ1) is 10.6. The van der Waals surface area contributed by atoms with E-state index in [0.717, 1.165) is 11.7 Å². The predicted octanol–water partition coefficient (Wildman–Crippen LogP) is 0.603. The molecule has 0 N–H and O–H groups in total. The first kappa shape index (κ1) is 13.7. The number of sulfonamides is 1. The molecule has 8 nitrogen and oxygen atoms in total. The van der Waals surface area contributed by atoms with Crippen molar-refractivity contribution in [3.8, 4) is 0 Å². The summed E-state index contributed by atoms with van der Waals surface area (Å²) in [7, 11) is -3.52. The molecule has 22 heavy (non-hydrogen) atoms. The van der Waals surface area contributed by atoms with Gasteiger partial charge in [0.2, 0.25) is 10.0 Å². The molecule has 0 saturated carbocycles. The maximum atomic E-state index is 12.7. The third-order valence-electron chi connectivity index (χ3n) is 3.70. The summed E-state index contributed by atoms with van der Waals surface area (Å²) in [5, 5.41) is 4.04. The van der Waals surface area contributed by atoms with Crippen molar-refractivity contribution in [1.29, 1.82) is 0 Å². The lowest BCUT2D eigenvalue weighted by Crippen LogP contribution is -2.51. The van der Waals surface area contributed by atoms with Crippen LogP contribution in [0.4, 0.5) is 0 Å². The average Bonchev–Trinajstić information content (AvgIpc) is 3.12. The van der Waals surface area contributed by atoms with E-state index in [9.17, 15) is 8.42 Å². The van der Waals surface area contributed by atoms with Gasteiger partial charge < -0.3 is 0 Å². The molecule has 0 spiro atoms. The monoisotopic (exact) mass is 336 g/mol. The summed E-state index contributed by atoms with van der Waals surface area (Å²) in [4.78, 5) is 4.12. The molecule has 0 atom stereocenters. The molecule has 1 fully saturated rings. The van der Waals surface area contributed by atoms with E-state index in [4.69, 9.17) is 0 Å². The maximum Gasteiger partial charge on any atom is 0.245 e. The van der Waals surface area contributed by atoms with Crippen LogP contribution < -0.4 is 0 Å². The molecule has 0 unspecified atom stereocenters. The Balaban J connectivity index is 1.54. The van der Waals surface area contributed by atoms with Gasteiger partial charge in [-0.3, -0.25) is 4.68 Å². The van der Waals surface area contributed by atoms with Crippen LogP contribution in [-0.4, -0.2) is 49.3 Å². The Hall–Kier alpha value is -1.91. The molecular weight excluding hydrogens is 324 g/mol. The zero-order valence-electron chi connectivity index (χ0n) is 11.4. The number of aromatic nitrogens is 5. The summed E-state index contributed by atoms with van der Waals surface area (Å²) in [6, 6.07) is 5.05. The summed E-state index contributed by atoms with van der Waals surface area (Å²) in [6.07, 6.45) is 3.11. The fourth-order valence-electron chi connectivity index (χ4n) is 2.55. The molecule has 114 valence electrons. The lowest BCUT2D eigenvalue weighted by Gasteiger charge is -2.37. The van der Waals surface area contributed by atoms with Crippen LogP contribution >= 0.6 is 11.7 Å². The second-order valence-electron chi connectivity index (χ2n) is 5.19. The van der Waals surface area contributed by atoms with E-state index >= 15 is 0 Å². The van der Waals surface area contributed by atoms with Gasteiger partial charge in [0, 0.05) is 25.6 Å². The highest BCUT2D eigenvalue weighted by molar-refractivity contribution is 7.89. The molecule has 0 amide bonds. The number of fused-ring (bicyclic) bond motifs is 1. The molecule has 3 aromatic rings. The second-order valence-corrected chi connectivity index (χ2v) is 7.63. The zero-order chi connectivity index (χ0) is 15.2. The Bertz CT molecular complexity index is 899. The maximum absolute atomic E-state index is 12.7. The molecule has 0 aliphatic carbocycles. The largest absolute Gasteiger partial charge is 0.253 e. The minimum absolute atomic E-state index is 0.234. The number of rotatable bonds is 4. The van der Waals surface area contributed by atoms with E-state index in [1.165, 1.54) is 10.6 Å². The Labute approximate surface area is 130 Å². The van der Waals surface area contributed by atoms with Gasteiger partial charge in [-0.05, 0) is 12.1 Å². The van der Waals surface area contributed by atoms with Gasteiger partial charge in [0.1, 0.15) is 28.6 Å². The Morgan fingerprint density at radius 1 is 1.27 bits per heavy atom. The van der Waals surface area contributed by atoms with Crippen LogP contribution in [0.15, 0.2) is 35.7 Å². The van der Waals surface area contributed by atoms with Crippen LogP contribution in [0.5, 0.6) is 0 Å². The lowest BCUT2D eigenvalue weighted by atomic mass is 10.0. The zero-order valence-corrected chi connectivity index (χ0v) is 13.0. The minimum atomic E-state index is -3.52. The minimum Gasteiger partial charge on any atom is -0.253 e. The fraction of sp³-hybridized carbons (Fsp3) is 0.333. The Kier molecular flexibility index (Phi) is 3.17. The molecule has 0 bridgehead atoms. The standard InChI is InChI=1S/C12H12N6O2S2/c19-22(20,11-3-1-2-10-12(11)16-21-15-10)18-5-9(6-18)4-17-8-13-7-14-17/h1-3,7-9H,4-6H2. The van der Waals surface area contributed by atoms with Gasteiger partial charge in [-0.1, -0.05) is 6.07 Å². The van der Waals surface area contributed by atoms with Crippen molar-refractivity contribution in [2.75, 3.05) is 13.1 Å². The van der Waals surface area contributed by atoms with Crippen LogP contribution in [0.2, 0.25) is 0 Å². The van der Waals surface area contributed by atoms with E-state index in [2.05, 4.69) is 18.8 Å². The molecule has 0 radical (unpaired) electrons. The van der Waals surface area contributed by atoms with Gasteiger partial charge in [-0.2, -0.15) is 18.2 Å². The van der Waals surface area contributed by atoms with Crippen molar-refractivity contribution in [3.05, 3.63) is 30.9 Å². The van der Waals surface area contributed by atoms with Gasteiger partial charge in [0.05, 0.1) is 11.7 Å². The summed E-state index contributed by atoms with van der Waals surface area (Å²) >= 11 is 1.02. The van der Waals surface area contributed by atoms with Crippen molar-refractivity contribution < 1.29 is 8.42 Å². The molecule has 1 saturated heterocycles. The highest BCUT2D eigenvalue weighted by Gasteiger charge is 2.38. The SMILES string of the molecule is O=S(=O)(c1cccc2nsnc12)N1CC(Cn2cncn2)C1. The molecule has 1 aliphatic rings. The molecule has 3 heterocycles. The van der Waals surface area contributed by atoms with Gasteiger partial charge in [0.25, 0.3) is 0 Å². The highest BCUT2D eigenvalue weighted by atomic mass is 32.2. The Morgan fingerprint density at radius 3 is 2.91 bits per heavy atom. The topological polar surface area (TPSA) is 93.9 Å². The van der Waals surface area contributed by atoms with Crippen LogP contribution in [0.1, 0.15) is 0 Å². The summed E-state index contributed by atoms with van der Waals surface area (Å²) < 4.78 is 36.8. The van der Waals surface area contributed by atoms with Crippen LogP contribution in [0.25, 0.3) is 11.0 Å². The summed E-state index contributed by atoms with van der Waals surface area (Å²) in [6.45, 7) is 1.64. The van der Waals surface area contributed by atoms with Gasteiger partial charge in [0.15, 0.2) is 0 Å². The fourth-order valence-corrected chi connectivity index (χ4v) is 4.90. The molecule has 2 aromatic heterocycles. The Morgan fingerprint density at radius 2 is 2.14 bits per heavy atom. The predicted molar refractivity (Wildman–Crippen MR) is 79.7 cm³/mol. The first-order valence-electron chi connectivity index (χ1n) is 6.68. The van der Waals surface area contributed by atoms with Crippen LogP contribution in [-0.2, 0) is 16.6 Å². The average molecular weight is 336 g/mol. The second kappa shape index (κ2) is 5.07. The highest BCUT2D eigenvalue weighted by Crippen LogP contribution is 2.29.